The van der Waals surface area contributed by atoms with E-state index < -0.39 is 0 Å². The molecule has 4 heteroatoms. The van der Waals surface area contributed by atoms with Crippen molar-refractivity contribution in [1.82, 2.24) is 4.98 Å². The lowest BCUT2D eigenvalue weighted by Crippen LogP contribution is -1.77. The fourth-order valence-electron chi connectivity index (χ4n) is 1.61. The van der Waals surface area contributed by atoms with E-state index >= 15 is 0 Å². The van der Waals surface area contributed by atoms with Gasteiger partial charge in [-0.15, -0.1) is 0 Å². The minimum absolute atomic E-state index is 0.323. The lowest BCUT2D eigenvalue weighted by atomic mass is 10.2. The Hall–Kier alpha value is -2.23. The van der Waals surface area contributed by atoms with Crippen molar-refractivity contribution < 1.29 is 13.2 Å². The van der Waals surface area contributed by atoms with Crippen LogP contribution in [0.4, 0.5) is 8.78 Å². The second kappa shape index (κ2) is 3.66. The van der Waals surface area contributed by atoms with E-state index in [-0.39, 0.29) is 11.6 Å². The lowest BCUT2D eigenvalue weighted by Gasteiger charge is -1.93. The summed E-state index contributed by atoms with van der Waals surface area (Å²) in [4.78, 5) is 4.20. The molecule has 1 aromatic heterocycles. The molecule has 0 unspecified atom stereocenters. The Morgan fingerprint density at radius 3 is 2.35 bits per heavy atom. The summed E-state index contributed by atoms with van der Waals surface area (Å²) in [6.45, 7) is 0. The van der Waals surface area contributed by atoms with Gasteiger partial charge in [0.15, 0.2) is 5.58 Å². The van der Waals surface area contributed by atoms with Crippen LogP contribution in [-0.2, 0) is 0 Å². The van der Waals surface area contributed by atoms with Crippen LogP contribution >= 0.6 is 0 Å². The summed E-state index contributed by atoms with van der Waals surface area (Å²) >= 11 is 0. The molecule has 0 saturated carbocycles. The normalized spacial score (nSPS) is 10.9. The average molecular weight is 231 g/mol. The maximum absolute atomic E-state index is 13.0. The minimum atomic E-state index is -0.376. The molecule has 0 amide bonds. The first-order valence-electron chi connectivity index (χ1n) is 5.04. The Bertz CT molecular complexity index is 673. The molecule has 3 rings (SSSR count). The average Bonchev–Trinajstić information content (AvgIpc) is 2.72. The van der Waals surface area contributed by atoms with Crippen molar-refractivity contribution in [2.24, 2.45) is 0 Å². The van der Waals surface area contributed by atoms with Crippen LogP contribution in [0.25, 0.3) is 22.6 Å². The molecule has 3 aromatic rings. The van der Waals surface area contributed by atoms with E-state index in [0.29, 0.717) is 22.6 Å². The second-order valence-corrected chi connectivity index (χ2v) is 3.64. The standard InChI is InChI=1S/C13H7F2NO/c14-9-3-1-8(2-4-9)13-16-11-6-5-10(15)7-12(11)17-13/h1-7H. The third kappa shape index (κ3) is 1.78. The smallest absolute Gasteiger partial charge is 0.227 e. The van der Waals surface area contributed by atoms with E-state index in [1.165, 1.54) is 24.3 Å². The fraction of sp³-hybridized carbons (Fsp3) is 0. The number of nitrogens with zero attached hydrogens (tertiary/aromatic N) is 1. The Morgan fingerprint density at radius 2 is 1.59 bits per heavy atom. The van der Waals surface area contributed by atoms with Gasteiger partial charge in [0.1, 0.15) is 17.2 Å². The van der Waals surface area contributed by atoms with Gasteiger partial charge in [0.25, 0.3) is 0 Å². The fourth-order valence-corrected chi connectivity index (χ4v) is 1.61. The molecular formula is C13H7F2NO. The molecule has 0 atom stereocenters. The summed E-state index contributed by atoms with van der Waals surface area (Å²) in [5.41, 5.74) is 1.61. The van der Waals surface area contributed by atoms with Crippen LogP contribution < -0.4 is 0 Å². The first kappa shape index (κ1) is 9.96. The third-order valence-electron chi connectivity index (χ3n) is 2.44. The van der Waals surface area contributed by atoms with Crippen LogP contribution in [-0.4, -0.2) is 4.98 Å². The summed E-state index contributed by atoms with van der Waals surface area (Å²) in [5, 5.41) is 0. The van der Waals surface area contributed by atoms with E-state index in [1.807, 2.05) is 0 Å². The SMILES string of the molecule is Fc1ccc(-c2nc3ccc(F)cc3o2)cc1. The zero-order valence-electron chi connectivity index (χ0n) is 8.65. The van der Waals surface area contributed by atoms with Crippen molar-refractivity contribution in [3.05, 3.63) is 54.1 Å². The quantitative estimate of drug-likeness (QED) is 0.637. The monoisotopic (exact) mass is 231 g/mol. The van der Waals surface area contributed by atoms with Gasteiger partial charge in [0, 0.05) is 11.6 Å². The van der Waals surface area contributed by atoms with Crippen molar-refractivity contribution in [2.45, 2.75) is 0 Å². The molecule has 0 saturated heterocycles. The Kier molecular flexibility index (Phi) is 2.14. The predicted octanol–water partition coefficient (Wildman–Crippen LogP) is 3.77. The number of benzene rings is 2. The van der Waals surface area contributed by atoms with Gasteiger partial charge >= 0.3 is 0 Å². The molecule has 2 nitrogen and oxygen atoms in total. The summed E-state index contributed by atoms with van der Waals surface area (Å²) in [7, 11) is 0. The number of oxazole rings is 1. The molecule has 84 valence electrons. The van der Waals surface area contributed by atoms with Crippen LogP contribution in [0.2, 0.25) is 0 Å². The van der Waals surface area contributed by atoms with Crippen molar-refractivity contribution in [3.63, 3.8) is 0 Å². The van der Waals surface area contributed by atoms with Crippen LogP contribution in [0.15, 0.2) is 46.9 Å². The molecule has 0 aliphatic heterocycles. The molecule has 1 heterocycles. The Labute approximate surface area is 95.5 Å². The summed E-state index contributed by atoms with van der Waals surface area (Å²) < 4.78 is 31.1. The number of aromatic nitrogens is 1. The number of rotatable bonds is 1. The molecule has 0 spiro atoms. The third-order valence-corrected chi connectivity index (χ3v) is 2.44. The van der Waals surface area contributed by atoms with E-state index in [1.54, 1.807) is 18.2 Å². The topological polar surface area (TPSA) is 26.0 Å². The molecule has 2 aromatic carbocycles. The highest BCUT2D eigenvalue weighted by Crippen LogP contribution is 2.24. The second-order valence-electron chi connectivity index (χ2n) is 3.64. The maximum atomic E-state index is 13.0. The highest BCUT2D eigenvalue weighted by molar-refractivity contribution is 5.76. The van der Waals surface area contributed by atoms with Crippen molar-refractivity contribution in [3.8, 4) is 11.5 Å². The van der Waals surface area contributed by atoms with Crippen LogP contribution in [0.1, 0.15) is 0 Å². The largest absolute Gasteiger partial charge is 0.436 e. The Balaban J connectivity index is 2.14. The predicted molar refractivity (Wildman–Crippen MR) is 59.4 cm³/mol. The van der Waals surface area contributed by atoms with Crippen LogP contribution in [0.5, 0.6) is 0 Å². The van der Waals surface area contributed by atoms with Gasteiger partial charge in [-0.05, 0) is 36.4 Å². The van der Waals surface area contributed by atoms with Crippen molar-refractivity contribution in [2.75, 3.05) is 0 Å². The molecule has 17 heavy (non-hydrogen) atoms. The molecule has 0 radical (unpaired) electrons. The van der Waals surface area contributed by atoms with Crippen molar-refractivity contribution >= 4 is 11.1 Å². The molecular weight excluding hydrogens is 224 g/mol. The van der Waals surface area contributed by atoms with Gasteiger partial charge in [-0.25, -0.2) is 13.8 Å². The van der Waals surface area contributed by atoms with Crippen molar-refractivity contribution in [1.29, 1.82) is 0 Å². The summed E-state index contributed by atoms with van der Waals surface area (Å²) in [6, 6.07) is 9.91. The maximum Gasteiger partial charge on any atom is 0.227 e. The first-order valence-corrected chi connectivity index (χ1v) is 5.04. The van der Waals surface area contributed by atoms with E-state index in [4.69, 9.17) is 4.42 Å². The lowest BCUT2D eigenvalue weighted by molar-refractivity contribution is 0.601. The number of hydrogen-bond donors (Lipinski definition) is 0. The molecule has 0 fully saturated rings. The van der Waals surface area contributed by atoms with Gasteiger partial charge in [-0.3, -0.25) is 0 Å². The van der Waals surface area contributed by atoms with E-state index in [2.05, 4.69) is 4.98 Å². The molecule has 0 N–H and O–H groups in total. The number of halogens is 2. The van der Waals surface area contributed by atoms with Gasteiger partial charge in [0.05, 0.1) is 0 Å². The Morgan fingerprint density at radius 1 is 0.882 bits per heavy atom. The van der Waals surface area contributed by atoms with E-state index in [9.17, 15) is 8.78 Å². The molecule has 0 bridgehead atoms. The van der Waals surface area contributed by atoms with Gasteiger partial charge < -0.3 is 4.42 Å². The van der Waals surface area contributed by atoms with Crippen LogP contribution in [0, 0.1) is 11.6 Å². The summed E-state index contributed by atoms with van der Waals surface area (Å²) in [6.07, 6.45) is 0. The molecule has 0 aliphatic rings. The van der Waals surface area contributed by atoms with Crippen LogP contribution in [0.3, 0.4) is 0 Å². The highest BCUT2D eigenvalue weighted by atomic mass is 19.1. The zero-order chi connectivity index (χ0) is 11.8. The summed E-state index contributed by atoms with van der Waals surface area (Å²) in [5.74, 6) is -0.346. The van der Waals surface area contributed by atoms with E-state index in [0.717, 1.165) is 0 Å². The minimum Gasteiger partial charge on any atom is -0.436 e. The first-order chi connectivity index (χ1) is 8.22. The highest BCUT2D eigenvalue weighted by Gasteiger charge is 2.08. The number of fused-ring (bicyclic) bond motifs is 1. The molecule has 0 aliphatic carbocycles. The number of hydrogen-bond acceptors (Lipinski definition) is 2. The zero-order valence-corrected chi connectivity index (χ0v) is 8.65. The van der Waals surface area contributed by atoms with Gasteiger partial charge in [-0.1, -0.05) is 0 Å². The van der Waals surface area contributed by atoms with Gasteiger partial charge in [-0.2, -0.15) is 0 Å². The van der Waals surface area contributed by atoms with Gasteiger partial charge in [0.2, 0.25) is 5.89 Å².